The van der Waals surface area contributed by atoms with E-state index in [1.165, 1.54) is 5.56 Å². The zero-order valence-electron chi connectivity index (χ0n) is 17.9. The summed E-state index contributed by atoms with van der Waals surface area (Å²) >= 11 is 0. The fourth-order valence-electron chi connectivity index (χ4n) is 3.52. The molecule has 0 spiro atoms. The maximum absolute atomic E-state index is 12.9. The lowest BCUT2D eigenvalue weighted by Crippen LogP contribution is -2.43. The van der Waals surface area contributed by atoms with E-state index in [0.717, 1.165) is 23.4 Å². The summed E-state index contributed by atoms with van der Waals surface area (Å²) in [4.78, 5) is 25.0. The molecule has 1 heterocycles. The molecule has 0 saturated heterocycles. The minimum atomic E-state index is -0.193. The van der Waals surface area contributed by atoms with E-state index >= 15 is 0 Å². The first kappa shape index (κ1) is 21.6. The number of ketones is 1. The van der Waals surface area contributed by atoms with Gasteiger partial charge in [-0.3, -0.25) is 9.59 Å². The van der Waals surface area contributed by atoms with Crippen molar-refractivity contribution in [3.8, 4) is 5.75 Å². The number of fused-ring (bicyclic) bond motifs is 1. The van der Waals surface area contributed by atoms with Crippen LogP contribution < -0.4 is 15.4 Å². The Balaban J connectivity index is 1.83. The first-order chi connectivity index (χ1) is 14.3. The molecule has 2 aromatic rings. The molecule has 2 N–H and O–H groups in total. The molecule has 0 radical (unpaired) electrons. The van der Waals surface area contributed by atoms with Gasteiger partial charge in [0.15, 0.2) is 5.78 Å². The van der Waals surface area contributed by atoms with E-state index in [-0.39, 0.29) is 17.2 Å². The standard InChI is InChI=1S/C24H28N2O4/c1-24(2)15-18-9-10-19(30-4)13-20(18)21(26-24)14-22(27)16-5-7-17(8-6-16)23(28)25-11-12-29-3/h5-10,13-14,26H,11-12,15H2,1-4H3,(H,25,28). The van der Waals surface area contributed by atoms with Crippen LogP contribution in [0.4, 0.5) is 0 Å². The van der Waals surface area contributed by atoms with Gasteiger partial charge in [0.2, 0.25) is 0 Å². The Labute approximate surface area is 177 Å². The number of amides is 1. The molecular weight excluding hydrogens is 380 g/mol. The van der Waals surface area contributed by atoms with Crippen LogP contribution in [0.25, 0.3) is 5.70 Å². The highest BCUT2D eigenvalue weighted by Crippen LogP contribution is 2.32. The largest absolute Gasteiger partial charge is 0.497 e. The van der Waals surface area contributed by atoms with Crippen molar-refractivity contribution in [2.75, 3.05) is 27.4 Å². The normalized spacial score (nSPS) is 15.8. The molecule has 1 aliphatic heterocycles. The van der Waals surface area contributed by atoms with Crippen LogP contribution in [0.2, 0.25) is 0 Å². The van der Waals surface area contributed by atoms with Gasteiger partial charge in [0.1, 0.15) is 5.75 Å². The van der Waals surface area contributed by atoms with Gasteiger partial charge >= 0.3 is 0 Å². The molecule has 6 heteroatoms. The summed E-state index contributed by atoms with van der Waals surface area (Å²) in [5.41, 5.74) is 3.76. The molecule has 0 fully saturated rings. The molecule has 0 aromatic heterocycles. The maximum atomic E-state index is 12.9. The number of hydrogen-bond donors (Lipinski definition) is 2. The number of benzene rings is 2. The predicted molar refractivity (Wildman–Crippen MR) is 117 cm³/mol. The molecule has 6 nitrogen and oxygen atoms in total. The number of rotatable bonds is 7. The SMILES string of the molecule is COCCNC(=O)c1ccc(C(=O)C=C2NC(C)(C)Cc3ccc(OC)cc32)cc1. The van der Waals surface area contributed by atoms with E-state index in [1.54, 1.807) is 44.6 Å². The van der Waals surface area contributed by atoms with Crippen molar-refractivity contribution >= 4 is 17.4 Å². The van der Waals surface area contributed by atoms with E-state index in [9.17, 15) is 9.59 Å². The Kier molecular flexibility index (Phi) is 6.57. The van der Waals surface area contributed by atoms with Gasteiger partial charge in [-0.2, -0.15) is 0 Å². The molecule has 0 unspecified atom stereocenters. The van der Waals surface area contributed by atoms with E-state index in [1.807, 2.05) is 18.2 Å². The van der Waals surface area contributed by atoms with E-state index in [4.69, 9.17) is 9.47 Å². The molecular formula is C24H28N2O4. The van der Waals surface area contributed by atoms with Gasteiger partial charge < -0.3 is 20.1 Å². The van der Waals surface area contributed by atoms with Crippen LogP contribution in [-0.2, 0) is 11.2 Å². The Morgan fingerprint density at radius 3 is 2.47 bits per heavy atom. The van der Waals surface area contributed by atoms with Crippen molar-refractivity contribution in [2.24, 2.45) is 0 Å². The Morgan fingerprint density at radius 1 is 1.10 bits per heavy atom. The molecule has 158 valence electrons. The summed E-state index contributed by atoms with van der Waals surface area (Å²) < 4.78 is 10.3. The summed E-state index contributed by atoms with van der Waals surface area (Å²) in [6, 6.07) is 12.6. The number of hydrogen-bond acceptors (Lipinski definition) is 5. The third-order valence-electron chi connectivity index (χ3n) is 5.01. The third kappa shape index (κ3) is 5.07. The summed E-state index contributed by atoms with van der Waals surface area (Å²) in [6.07, 6.45) is 2.47. The minimum absolute atomic E-state index is 0.129. The molecule has 0 atom stereocenters. The predicted octanol–water partition coefficient (Wildman–Crippen LogP) is 3.22. The van der Waals surface area contributed by atoms with Crippen LogP contribution in [0.1, 0.15) is 45.7 Å². The second-order valence-corrected chi connectivity index (χ2v) is 7.96. The molecule has 30 heavy (non-hydrogen) atoms. The lowest BCUT2D eigenvalue weighted by molar-refractivity contribution is 0.0936. The van der Waals surface area contributed by atoms with Crippen LogP contribution in [0.5, 0.6) is 5.75 Å². The van der Waals surface area contributed by atoms with Crippen molar-refractivity contribution in [2.45, 2.75) is 25.8 Å². The van der Waals surface area contributed by atoms with Gasteiger partial charge in [-0.1, -0.05) is 18.2 Å². The van der Waals surface area contributed by atoms with Crippen LogP contribution in [0, 0.1) is 0 Å². The quantitative estimate of drug-likeness (QED) is 0.418. The summed E-state index contributed by atoms with van der Waals surface area (Å²) in [7, 11) is 3.21. The zero-order valence-corrected chi connectivity index (χ0v) is 17.9. The highest BCUT2D eigenvalue weighted by molar-refractivity contribution is 6.09. The van der Waals surface area contributed by atoms with E-state index < -0.39 is 0 Å². The van der Waals surface area contributed by atoms with Gasteiger partial charge in [-0.25, -0.2) is 0 Å². The second kappa shape index (κ2) is 9.13. The zero-order chi connectivity index (χ0) is 21.7. The highest BCUT2D eigenvalue weighted by Gasteiger charge is 2.28. The van der Waals surface area contributed by atoms with Crippen molar-refractivity contribution < 1.29 is 19.1 Å². The Bertz CT molecular complexity index is 962. The molecule has 0 aliphatic carbocycles. The van der Waals surface area contributed by atoms with Gasteiger partial charge in [0.25, 0.3) is 5.91 Å². The third-order valence-corrected chi connectivity index (χ3v) is 5.01. The number of ether oxygens (including phenoxy) is 2. The summed E-state index contributed by atoms with van der Waals surface area (Å²) in [5.74, 6) is 0.425. The molecule has 1 aliphatic rings. The van der Waals surface area contributed by atoms with Gasteiger partial charge in [-0.05, 0) is 50.1 Å². The lowest BCUT2D eigenvalue weighted by atomic mass is 9.85. The lowest BCUT2D eigenvalue weighted by Gasteiger charge is -2.35. The van der Waals surface area contributed by atoms with Gasteiger partial charge in [0.05, 0.1) is 13.7 Å². The number of allylic oxidation sites excluding steroid dienone is 1. The van der Waals surface area contributed by atoms with E-state index in [2.05, 4.69) is 24.5 Å². The van der Waals surface area contributed by atoms with Crippen LogP contribution in [0.3, 0.4) is 0 Å². The summed E-state index contributed by atoms with van der Waals surface area (Å²) in [5, 5.41) is 6.23. The Morgan fingerprint density at radius 2 is 1.80 bits per heavy atom. The fraction of sp³-hybridized carbons (Fsp3) is 0.333. The van der Waals surface area contributed by atoms with Crippen LogP contribution >= 0.6 is 0 Å². The van der Waals surface area contributed by atoms with Crippen molar-refractivity contribution in [3.63, 3.8) is 0 Å². The first-order valence-corrected chi connectivity index (χ1v) is 9.91. The Hall–Kier alpha value is -3.12. The van der Waals surface area contributed by atoms with Crippen molar-refractivity contribution in [3.05, 3.63) is 70.8 Å². The number of nitrogens with one attached hydrogen (secondary N) is 2. The van der Waals surface area contributed by atoms with Crippen molar-refractivity contribution in [1.29, 1.82) is 0 Å². The number of carbonyl (C=O) groups is 2. The molecule has 0 saturated carbocycles. The first-order valence-electron chi connectivity index (χ1n) is 9.91. The average molecular weight is 408 g/mol. The molecule has 3 rings (SSSR count). The monoisotopic (exact) mass is 408 g/mol. The van der Waals surface area contributed by atoms with Crippen molar-refractivity contribution in [1.82, 2.24) is 10.6 Å². The average Bonchev–Trinajstić information content (AvgIpc) is 2.73. The smallest absolute Gasteiger partial charge is 0.251 e. The minimum Gasteiger partial charge on any atom is -0.497 e. The van der Waals surface area contributed by atoms with Crippen LogP contribution in [-0.4, -0.2) is 44.6 Å². The second-order valence-electron chi connectivity index (χ2n) is 7.96. The maximum Gasteiger partial charge on any atom is 0.251 e. The van der Waals surface area contributed by atoms with Gasteiger partial charge in [-0.15, -0.1) is 0 Å². The fourth-order valence-corrected chi connectivity index (χ4v) is 3.52. The molecule has 0 bridgehead atoms. The molecule has 2 aromatic carbocycles. The van der Waals surface area contributed by atoms with Gasteiger partial charge in [0, 0.05) is 47.7 Å². The molecule has 1 amide bonds. The summed E-state index contributed by atoms with van der Waals surface area (Å²) in [6.45, 7) is 5.10. The number of methoxy groups -OCH3 is 2. The number of carbonyl (C=O) groups excluding carboxylic acids is 2. The highest BCUT2D eigenvalue weighted by atomic mass is 16.5. The van der Waals surface area contributed by atoms with E-state index in [0.29, 0.717) is 24.3 Å². The topological polar surface area (TPSA) is 76.7 Å². The van der Waals surface area contributed by atoms with Crippen LogP contribution in [0.15, 0.2) is 48.5 Å².